The molecule has 0 aromatic heterocycles. The van der Waals surface area contributed by atoms with E-state index in [1.807, 2.05) is 0 Å². The molecule has 0 amide bonds. The largest absolute Gasteiger partial charge is 0.294 e. The molecule has 0 heterocycles. The van der Waals surface area contributed by atoms with Crippen LogP contribution in [-0.4, -0.2) is 5.78 Å². The summed E-state index contributed by atoms with van der Waals surface area (Å²) in [5.41, 5.74) is 3.55. The Bertz CT molecular complexity index is 652. The van der Waals surface area contributed by atoms with Crippen molar-refractivity contribution in [3.05, 3.63) is 47.0 Å². The molecule has 0 radical (unpaired) electrons. The van der Waals surface area contributed by atoms with Gasteiger partial charge in [-0.15, -0.1) is 0 Å². The van der Waals surface area contributed by atoms with Crippen LogP contribution in [0.5, 0.6) is 0 Å². The van der Waals surface area contributed by atoms with Crippen LogP contribution in [0.4, 0.5) is 0 Å². The van der Waals surface area contributed by atoms with Crippen molar-refractivity contribution in [2.24, 2.45) is 0 Å². The van der Waals surface area contributed by atoms with Crippen LogP contribution in [0.2, 0.25) is 0 Å². The van der Waals surface area contributed by atoms with Crippen LogP contribution in [0.3, 0.4) is 0 Å². The first kappa shape index (κ1) is 12.4. The van der Waals surface area contributed by atoms with E-state index in [1.54, 1.807) is 0 Å². The van der Waals surface area contributed by atoms with Crippen LogP contribution in [0.15, 0.2) is 30.3 Å². The summed E-state index contributed by atoms with van der Waals surface area (Å²) in [5, 5.41) is 2.34. The third kappa shape index (κ3) is 1.98. The third-order valence-electron chi connectivity index (χ3n) is 4.36. The fraction of sp³-hybridized carbons (Fsp3) is 0.389. The molecule has 0 aliphatic heterocycles. The lowest BCUT2D eigenvalue weighted by Crippen LogP contribution is -2.14. The second kappa shape index (κ2) is 4.48. The minimum absolute atomic E-state index is 0.316. The van der Waals surface area contributed by atoms with Gasteiger partial charge in [0.15, 0.2) is 5.78 Å². The van der Waals surface area contributed by atoms with Gasteiger partial charge in [-0.3, -0.25) is 4.79 Å². The van der Waals surface area contributed by atoms with Gasteiger partial charge >= 0.3 is 0 Å². The summed E-state index contributed by atoms with van der Waals surface area (Å²) in [6, 6.07) is 10.9. The molecule has 2 aromatic carbocycles. The van der Waals surface area contributed by atoms with Gasteiger partial charge in [0.05, 0.1) is 0 Å². The van der Waals surface area contributed by atoms with Gasteiger partial charge in [0.2, 0.25) is 0 Å². The molecule has 2 aromatic rings. The summed E-state index contributed by atoms with van der Waals surface area (Å²) in [7, 11) is 0. The normalized spacial score (nSPS) is 18.9. The van der Waals surface area contributed by atoms with Gasteiger partial charge in [-0.25, -0.2) is 0 Å². The number of ketones is 1. The molecule has 3 rings (SSSR count). The minimum Gasteiger partial charge on any atom is -0.294 e. The van der Waals surface area contributed by atoms with E-state index in [9.17, 15) is 4.79 Å². The van der Waals surface area contributed by atoms with Gasteiger partial charge in [-0.05, 0) is 40.2 Å². The van der Waals surface area contributed by atoms with Crippen LogP contribution in [-0.2, 0) is 0 Å². The summed E-state index contributed by atoms with van der Waals surface area (Å²) >= 11 is 0. The third-order valence-corrected chi connectivity index (χ3v) is 4.36. The fourth-order valence-corrected chi connectivity index (χ4v) is 3.07. The van der Waals surface area contributed by atoms with Crippen molar-refractivity contribution in [3.8, 4) is 0 Å². The number of Topliss-reactive ketones (excluding diaryl/α,β-unsaturated/α-hetero) is 1. The summed E-state index contributed by atoms with van der Waals surface area (Å²) in [6.07, 6.45) is 1.68. The number of rotatable bonds is 1. The molecule has 1 aliphatic rings. The molecule has 0 saturated carbocycles. The van der Waals surface area contributed by atoms with E-state index in [1.165, 1.54) is 16.5 Å². The Morgan fingerprint density at radius 1 is 1.16 bits per heavy atom. The maximum atomic E-state index is 12.3. The number of carbonyl (C=O) groups is 1. The molecular formula is C18H20O. The van der Waals surface area contributed by atoms with E-state index >= 15 is 0 Å². The molecule has 1 unspecified atom stereocenters. The molecule has 0 spiro atoms. The molecule has 98 valence electrons. The lowest BCUT2D eigenvalue weighted by atomic mass is 9.80. The number of carbonyl (C=O) groups excluding carboxylic acids is 1. The van der Waals surface area contributed by atoms with Crippen LogP contribution < -0.4 is 0 Å². The summed E-state index contributed by atoms with van der Waals surface area (Å²) < 4.78 is 0. The van der Waals surface area contributed by atoms with E-state index in [4.69, 9.17) is 0 Å². The number of hydrogen-bond acceptors (Lipinski definition) is 1. The number of hydrogen-bond donors (Lipinski definition) is 0. The minimum atomic E-state index is 0.316. The Kier molecular flexibility index (Phi) is 2.93. The fourth-order valence-electron chi connectivity index (χ4n) is 3.07. The predicted molar refractivity (Wildman–Crippen MR) is 80.0 cm³/mol. The number of fused-ring (bicyclic) bond motifs is 3. The van der Waals surface area contributed by atoms with Crippen LogP contribution in [0.1, 0.15) is 66.9 Å². The van der Waals surface area contributed by atoms with Gasteiger partial charge in [0.25, 0.3) is 0 Å². The molecular weight excluding hydrogens is 232 g/mol. The standard InChI is InChI=1S/C18H20O/c1-11(2)13-5-8-16-14(10-13)6-7-15-12(3)4-9-17(19)18(15)16/h5-8,10-12H,4,9H2,1-3H3. The van der Waals surface area contributed by atoms with Crippen LogP contribution in [0.25, 0.3) is 10.8 Å². The predicted octanol–water partition coefficient (Wildman–Crippen LogP) is 5.04. The quantitative estimate of drug-likeness (QED) is 0.694. The Labute approximate surface area is 114 Å². The van der Waals surface area contributed by atoms with Crippen molar-refractivity contribution in [2.75, 3.05) is 0 Å². The van der Waals surface area contributed by atoms with Crippen LogP contribution in [0, 0.1) is 0 Å². The zero-order valence-corrected chi connectivity index (χ0v) is 11.9. The topological polar surface area (TPSA) is 17.1 Å². The van der Waals surface area contributed by atoms with E-state index in [2.05, 4.69) is 51.1 Å². The zero-order chi connectivity index (χ0) is 13.6. The van der Waals surface area contributed by atoms with Crippen molar-refractivity contribution in [1.82, 2.24) is 0 Å². The Morgan fingerprint density at radius 2 is 1.95 bits per heavy atom. The van der Waals surface area contributed by atoms with Gasteiger partial charge in [-0.2, -0.15) is 0 Å². The highest BCUT2D eigenvalue weighted by atomic mass is 16.1. The molecule has 19 heavy (non-hydrogen) atoms. The first-order valence-corrected chi connectivity index (χ1v) is 7.17. The van der Waals surface area contributed by atoms with E-state index in [-0.39, 0.29) is 0 Å². The van der Waals surface area contributed by atoms with Crippen molar-refractivity contribution >= 4 is 16.6 Å². The molecule has 1 heteroatoms. The highest BCUT2D eigenvalue weighted by Gasteiger charge is 2.24. The molecule has 1 nitrogen and oxygen atoms in total. The Morgan fingerprint density at radius 3 is 2.68 bits per heavy atom. The van der Waals surface area contributed by atoms with Gasteiger partial charge < -0.3 is 0 Å². The smallest absolute Gasteiger partial charge is 0.163 e. The summed E-state index contributed by atoms with van der Waals surface area (Å²) in [6.45, 7) is 6.62. The van der Waals surface area contributed by atoms with Crippen molar-refractivity contribution in [1.29, 1.82) is 0 Å². The number of benzene rings is 2. The monoisotopic (exact) mass is 252 g/mol. The first-order chi connectivity index (χ1) is 9.08. The SMILES string of the molecule is CC(C)c1ccc2c3c(ccc2c1)C(C)CCC3=O. The maximum absolute atomic E-state index is 12.3. The average Bonchev–Trinajstić information content (AvgIpc) is 2.41. The molecule has 0 saturated heterocycles. The van der Waals surface area contributed by atoms with E-state index < -0.39 is 0 Å². The van der Waals surface area contributed by atoms with Gasteiger partial charge in [0, 0.05) is 12.0 Å². The highest BCUT2D eigenvalue weighted by Crippen LogP contribution is 2.36. The summed E-state index contributed by atoms with van der Waals surface area (Å²) in [4.78, 5) is 12.3. The lowest BCUT2D eigenvalue weighted by Gasteiger charge is -2.23. The van der Waals surface area contributed by atoms with Gasteiger partial charge in [0.1, 0.15) is 0 Å². The zero-order valence-electron chi connectivity index (χ0n) is 11.9. The first-order valence-electron chi connectivity index (χ1n) is 7.17. The highest BCUT2D eigenvalue weighted by molar-refractivity contribution is 6.10. The molecule has 0 bridgehead atoms. The van der Waals surface area contributed by atoms with E-state index in [0.717, 1.165) is 17.4 Å². The van der Waals surface area contributed by atoms with E-state index in [0.29, 0.717) is 24.0 Å². The van der Waals surface area contributed by atoms with Crippen molar-refractivity contribution in [3.63, 3.8) is 0 Å². The Balaban J connectivity index is 2.28. The maximum Gasteiger partial charge on any atom is 0.163 e. The molecule has 1 atom stereocenters. The second-order valence-electron chi connectivity index (χ2n) is 6.03. The van der Waals surface area contributed by atoms with Gasteiger partial charge in [-0.1, -0.05) is 51.1 Å². The van der Waals surface area contributed by atoms with Crippen molar-refractivity contribution < 1.29 is 4.79 Å². The average molecular weight is 252 g/mol. The lowest BCUT2D eigenvalue weighted by molar-refractivity contribution is 0.0970. The molecule has 0 fully saturated rings. The Hall–Kier alpha value is -1.63. The van der Waals surface area contributed by atoms with Crippen molar-refractivity contribution in [2.45, 2.75) is 45.4 Å². The molecule has 0 N–H and O–H groups in total. The second-order valence-corrected chi connectivity index (χ2v) is 6.03. The summed E-state index contributed by atoms with van der Waals surface area (Å²) in [5.74, 6) is 1.34. The van der Waals surface area contributed by atoms with Crippen LogP contribution >= 0.6 is 0 Å². The molecule has 1 aliphatic carbocycles.